The highest BCUT2D eigenvalue weighted by Gasteiger charge is 2.33. The van der Waals surface area contributed by atoms with E-state index in [9.17, 15) is 0 Å². The number of hydrogen-bond acceptors (Lipinski definition) is 4. The van der Waals surface area contributed by atoms with Gasteiger partial charge in [-0.05, 0) is 24.0 Å². The minimum atomic E-state index is -1.91. The van der Waals surface area contributed by atoms with Crippen LogP contribution in [-0.2, 0) is 7.59 Å². The maximum atomic E-state index is 5.73. The second-order valence-electron chi connectivity index (χ2n) is 3.53. The van der Waals surface area contributed by atoms with E-state index in [2.05, 4.69) is 26.8 Å². The second kappa shape index (κ2) is 6.37. The lowest BCUT2D eigenvalue weighted by molar-refractivity contribution is 0.554. The van der Waals surface area contributed by atoms with E-state index in [1.807, 2.05) is 0 Å². The van der Waals surface area contributed by atoms with Crippen LogP contribution in [0.5, 0.6) is 0 Å². The van der Waals surface area contributed by atoms with Gasteiger partial charge in [-0.3, -0.25) is 0 Å². The first-order chi connectivity index (χ1) is 9.66. The molecule has 0 spiro atoms. The molecule has 110 valence electrons. The van der Waals surface area contributed by atoms with Crippen molar-refractivity contribution in [2.75, 3.05) is 0 Å². The van der Waals surface area contributed by atoms with Crippen molar-refractivity contribution >= 4 is 69.6 Å². The van der Waals surface area contributed by atoms with Crippen molar-refractivity contribution < 1.29 is 4.42 Å². The quantitative estimate of drug-likeness (QED) is 0.477. The molecule has 2 aromatic heterocycles. The average Bonchev–Trinajstić information content (AvgIpc) is 2.87. The molecule has 0 fully saturated rings. The molecule has 21 heavy (non-hydrogen) atoms. The highest BCUT2D eigenvalue weighted by atomic mass is 35.6. The van der Waals surface area contributed by atoms with E-state index >= 15 is 0 Å². The number of hydrogen-bond donors (Lipinski definition) is 0. The molecule has 2 rings (SSSR count). The van der Waals surface area contributed by atoms with Crippen molar-refractivity contribution in [1.29, 1.82) is 0 Å². The first kappa shape index (κ1) is 17.0. The van der Waals surface area contributed by atoms with Gasteiger partial charge in [-0.1, -0.05) is 69.6 Å². The Labute approximate surface area is 149 Å². The number of halogens is 6. The standard InChI is InChI=1S/C11H3Cl6N3O/c12-10(13,14)8-18-7(4-3-6-2-1-5-21-6)19-9(20-8)11(15,16)17/h1-2,5H. The number of nitrogens with zero attached hydrogens (tertiary/aromatic N) is 3. The maximum Gasteiger partial charge on any atom is 0.250 e. The molecule has 10 heteroatoms. The summed E-state index contributed by atoms with van der Waals surface area (Å²) in [5, 5.41) is 0. The molecule has 0 radical (unpaired) electrons. The predicted octanol–water partition coefficient (Wildman–Crippen LogP) is 4.52. The molecular formula is C11H3Cl6N3O. The Morgan fingerprint density at radius 2 is 1.43 bits per heavy atom. The van der Waals surface area contributed by atoms with Gasteiger partial charge in [0.05, 0.1) is 6.26 Å². The molecular weight excluding hydrogens is 403 g/mol. The molecule has 0 N–H and O–H groups in total. The van der Waals surface area contributed by atoms with Crippen LogP contribution >= 0.6 is 69.6 Å². The largest absolute Gasteiger partial charge is 0.456 e. The summed E-state index contributed by atoms with van der Waals surface area (Å²) in [4.78, 5) is 11.6. The zero-order valence-electron chi connectivity index (χ0n) is 9.75. The highest BCUT2D eigenvalue weighted by molar-refractivity contribution is 6.67. The van der Waals surface area contributed by atoms with Gasteiger partial charge in [-0.15, -0.1) is 0 Å². The SMILES string of the molecule is ClC(Cl)(Cl)c1nc(C#Cc2ccco2)nc(C(Cl)(Cl)Cl)n1. The van der Waals surface area contributed by atoms with Gasteiger partial charge in [0.25, 0.3) is 0 Å². The Hall–Kier alpha value is -0.410. The van der Waals surface area contributed by atoms with Gasteiger partial charge in [0.2, 0.25) is 13.4 Å². The van der Waals surface area contributed by atoms with Crippen molar-refractivity contribution in [2.45, 2.75) is 7.59 Å². The summed E-state index contributed by atoms with van der Waals surface area (Å²) in [6, 6.07) is 3.33. The van der Waals surface area contributed by atoms with Crippen LogP contribution in [0.4, 0.5) is 0 Å². The summed E-state index contributed by atoms with van der Waals surface area (Å²) < 4.78 is 1.23. The molecule has 0 aromatic carbocycles. The molecule has 4 nitrogen and oxygen atoms in total. The minimum Gasteiger partial charge on any atom is -0.456 e. The number of alkyl halides is 6. The van der Waals surface area contributed by atoms with Crippen molar-refractivity contribution in [3.8, 4) is 11.8 Å². The van der Waals surface area contributed by atoms with E-state index in [4.69, 9.17) is 74.0 Å². The van der Waals surface area contributed by atoms with E-state index in [1.165, 1.54) is 6.26 Å². The molecule has 0 aliphatic carbocycles. The van der Waals surface area contributed by atoms with Gasteiger partial charge in [0, 0.05) is 0 Å². The van der Waals surface area contributed by atoms with E-state index in [0.29, 0.717) is 5.76 Å². The van der Waals surface area contributed by atoms with Crippen molar-refractivity contribution in [1.82, 2.24) is 15.0 Å². The fourth-order valence-electron chi connectivity index (χ4n) is 1.15. The lowest BCUT2D eigenvalue weighted by Gasteiger charge is -2.13. The summed E-state index contributed by atoms with van der Waals surface area (Å²) in [6.07, 6.45) is 1.47. The summed E-state index contributed by atoms with van der Waals surface area (Å²) >= 11 is 34.4. The first-order valence-corrected chi connectivity index (χ1v) is 7.39. The van der Waals surface area contributed by atoms with Crippen LogP contribution < -0.4 is 0 Å². The lowest BCUT2D eigenvalue weighted by Crippen LogP contribution is -2.17. The van der Waals surface area contributed by atoms with Crippen LogP contribution in [0.15, 0.2) is 22.8 Å². The van der Waals surface area contributed by atoms with Crippen LogP contribution in [0.1, 0.15) is 23.2 Å². The van der Waals surface area contributed by atoms with Gasteiger partial charge in [0.15, 0.2) is 17.4 Å². The molecule has 0 bridgehead atoms. The third-order valence-electron chi connectivity index (χ3n) is 1.96. The van der Waals surface area contributed by atoms with E-state index in [0.717, 1.165) is 0 Å². The molecule has 0 aliphatic rings. The summed E-state index contributed by atoms with van der Waals surface area (Å²) in [5.74, 6) is 5.26. The van der Waals surface area contributed by atoms with Crippen molar-refractivity contribution in [3.05, 3.63) is 41.6 Å². The van der Waals surface area contributed by atoms with Crippen molar-refractivity contribution in [3.63, 3.8) is 0 Å². The van der Waals surface area contributed by atoms with Crippen LogP contribution in [0.3, 0.4) is 0 Å². The van der Waals surface area contributed by atoms with Crippen LogP contribution in [0.25, 0.3) is 0 Å². The fraction of sp³-hybridized carbons (Fsp3) is 0.182. The van der Waals surface area contributed by atoms with Crippen LogP contribution in [0.2, 0.25) is 0 Å². The van der Waals surface area contributed by atoms with E-state index in [-0.39, 0.29) is 17.5 Å². The summed E-state index contributed by atoms with van der Waals surface area (Å²) in [5.41, 5.74) is 0. The van der Waals surface area contributed by atoms with E-state index < -0.39 is 7.59 Å². The van der Waals surface area contributed by atoms with Gasteiger partial charge >= 0.3 is 0 Å². The van der Waals surface area contributed by atoms with Gasteiger partial charge < -0.3 is 4.42 Å². The fourth-order valence-corrected chi connectivity index (χ4v) is 1.66. The number of rotatable bonds is 0. The van der Waals surface area contributed by atoms with Gasteiger partial charge in [0.1, 0.15) is 0 Å². The predicted molar refractivity (Wildman–Crippen MR) is 83.0 cm³/mol. The molecule has 0 saturated heterocycles. The average molecular weight is 406 g/mol. The molecule has 0 atom stereocenters. The van der Waals surface area contributed by atoms with Crippen LogP contribution in [0, 0.1) is 11.8 Å². The normalized spacial score (nSPS) is 11.9. The second-order valence-corrected chi connectivity index (χ2v) is 8.09. The summed E-state index contributed by atoms with van der Waals surface area (Å²) in [7, 11) is 0. The number of furan rings is 1. The monoisotopic (exact) mass is 403 g/mol. The summed E-state index contributed by atoms with van der Waals surface area (Å²) in [6.45, 7) is 0. The zero-order valence-corrected chi connectivity index (χ0v) is 14.3. The highest BCUT2D eigenvalue weighted by Crippen LogP contribution is 2.39. The molecule has 2 heterocycles. The molecule has 0 saturated carbocycles. The smallest absolute Gasteiger partial charge is 0.250 e. The van der Waals surface area contributed by atoms with Gasteiger partial charge in [-0.25, -0.2) is 15.0 Å². The Morgan fingerprint density at radius 1 is 0.857 bits per heavy atom. The molecule has 0 unspecified atom stereocenters. The van der Waals surface area contributed by atoms with E-state index in [1.54, 1.807) is 12.1 Å². The zero-order chi connectivity index (χ0) is 15.7. The van der Waals surface area contributed by atoms with Gasteiger partial charge in [-0.2, -0.15) is 0 Å². The Kier molecular flexibility index (Phi) is 5.15. The lowest BCUT2D eigenvalue weighted by atomic mass is 10.4. The number of aromatic nitrogens is 3. The Morgan fingerprint density at radius 3 is 1.86 bits per heavy atom. The molecule has 0 amide bonds. The third-order valence-corrected chi connectivity index (χ3v) is 2.98. The molecule has 0 aliphatic heterocycles. The first-order valence-electron chi connectivity index (χ1n) is 5.12. The topological polar surface area (TPSA) is 51.8 Å². The Bertz CT molecular complexity index is 661. The Balaban J connectivity index is 2.50. The van der Waals surface area contributed by atoms with Crippen molar-refractivity contribution in [2.24, 2.45) is 0 Å². The molecule has 2 aromatic rings. The third kappa shape index (κ3) is 4.79. The minimum absolute atomic E-state index is 0.0240. The van der Waals surface area contributed by atoms with Crippen LogP contribution in [-0.4, -0.2) is 15.0 Å². The maximum absolute atomic E-state index is 5.73.